The number of fused-ring (bicyclic) bond motifs is 4. The molecule has 12 nitrogen and oxygen atoms in total. The van der Waals surface area contributed by atoms with Crippen molar-refractivity contribution in [2.24, 2.45) is 17.3 Å². The van der Waals surface area contributed by atoms with Crippen LogP contribution in [0.1, 0.15) is 54.4 Å². The van der Waals surface area contributed by atoms with E-state index in [0.717, 1.165) is 47.9 Å². The number of para-hydroxylation sites is 1. The minimum Gasteiger partial charge on any atom is -0.508 e. The Morgan fingerprint density at radius 1 is 0.946 bits per heavy atom. The van der Waals surface area contributed by atoms with Crippen molar-refractivity contribution in [3.63, 3.8) is 0 Å². The molecule has 3 aromatic carbocycles. The first-order chi connectivity index (χ1) is 27.2. The molecule has 3 heterocycles. The maximum atomic E-state index is 15.4. The summed E-state index contributed by atoms with van der Waals surface area (Å²) < 4.78 is 20.1. The van der Waals surface area contributed by atoms with Crippen LogP contribution in [0.4, 0.5) is 0 Å². The molecule has 3 N–H and O–H groups in total. The average Bonchev–Trinajstić information content (AvgIpc) is 4.16. The largest absolute Gasteiger partial charge is 0.508 e. The Kier molecular flexibility index (Phi) is 9.73. The van der Waals surface area contributed by atoms with E-state index in [1.54, 1.807) is 24.2 Å². The molecule has 7 unspecified atom stereocenters. The fraction of sp³-hybridized carbons (Fsp3) is 0.477. The Bertz CT molecular complexity index is 1970. The quantitative estimate of drug-likeness (QED) is 0.207. The molecule has 294 valence electrons. The van der Waals surface area contributed by atoms with E-state index in [1.165, 1.54) is 4.90 Å². The van der Waals surface area contributed by atoms with Gasteiger partial charge in [0, 0.05) is 38.3 Å². The first-order valence-electron chi connectivity index (χ1n) is 19.9. The summed E-state index contributed by atoms with van der Waals surface area (Å²) in [7, 11) is 1.62. The van der Waals surface area contributed by atoms with Crippen LogP contribution >= 0.6 is 0 Å². The Hall–Kier alpha value is -4.59. The number of carbonyl (C=O) groups excluding carboxylic acids is 3. The molecule has 0 radical (unpaired) electrons. The second-order valence-corrected chi connectivity index (χ2v) is 16.3. The van der Waals surface area contributed by atoms with E-state index in [4.69, 9.17) is 19.0 Å². The summed E-state index contributed by atoms with van der Waals surface area (Å²) in [5.74, 6) is -1.39. The van der Waals surface area contributed by atoms with Gasteiger partial charge in [0.2, 0.25) is 11.8 Å². The fourth-order valence-electron chi connectivity index (χ4n) is 9.58. The van der Waals surface area contributed by atoms with Gasteiger partial charge in [-0.2, -0.15) is 5.06 Å². The van der Waals surface area contributed by atoms with Crippen molar-refractivity contribution in [2.45, 2.75) is 93.8 Å². The van der Waals surface area contributed by atoms with Crippen molar-refractivity contribution in [3.05, 3.63) is 107 Å². The molecule has 0 spiro atoms. The molecule has 12 heteroatoms. The lowest BCUT2D eigenvalue weighted by molar-refractivity contribution is -0.235. The summed E-state index contributed by atoms with van der Waals surface area (Å²) in [6, 6.07) is 22.6. The smallest absolute Gasteiger partial charge is 0.327 e. The van der Waals surface area contributed by atoms with Crippen molar-refractivity contribution in [1.82, 2.24) is 15.3 Å². The number of phenolic OH excluding ortho intramolecular Hbond substituents is 1. The summed E-state index contributed by atoms with van der Waals surface area (Å²) in [6.07, 6.45) is 6.11. The second kappa shape index (κ2) is 14.7. The van der Waals surface area contributed by atoms with Gasteiger partial charge in [0.05, 0.1) is 13.2 Å². The van der Waals surface area contributed by atoms with Crippen molar-refractivity contribution >= 4 is 23.9 Å². The molecular weight excluding hydrogens is 714 g/mol. The summed E-state index contributed by atoms with van der Waals surface area (Å²) in [4.78, 5) is 51.8. The van der Waals surface area contributed by atoms with Crippen LogP contribution in [0.5, 0.6) is 5.75 Å². The van der Waals surface area contributed by atoms with E-state index in [0.29, 0.717) is 6.42 Å². The Labute approximate surface area is 326 Å². The molecule has 9 rings (SSSR count). The molecule has 0 aromatic heterocycles. The highest BCUT2D eigenvalue weighted by atomic mass is 16.8. The number of carbonyl (C=O) groups is 3. The predicted octanol–water partition coefficient (Wildman–Crippen LogP) is 3.93. The van der Waals surface area contributed by atoms with Crippen molar-refractivity contribution in [2.75, 3.05) is 20.2 Å². The zero-order valence-corrected chi connectivity index (χ0v) is 31.5. The number of hydrogen-bond acceptors (Lipinski definition) is 10. The molecule has 2 bridgehead atoms. The minimum atomic E-state index is -1.43. The number of allylic oxidation sites excluding steroid dienone is 1. The van der Waals surface area contributed by atoms with Crippen LogP contribution in [0.15, 0.2) is 84.9 Å². The van der Waals surface area contributed by atoms with Crippen LogP contribution in [0, 0.1) is 17.3 Å². The average molecular weight is 764 g/mol. The van der Waals surface area contributed by atoms with E-state index in [1.807, 2.05) is 78.9 Å². The number of hydroxylamine groups is 2. The molecule has 56 heavy (non-hydrogen) atoms. The number of benzene rings is 3. The van der Waals surface area contributed by atoms with E-state index >= 15 is 4.79 Å². The SMILES string of the molecule is CN(C(=O)C12CC3OC(=O)C1N(Cc1ccc(C=CCc4ccccc4O)cc1)OC2C1OC(C2CC2)(C2CC2)OC31)C(Cc1ccccc1)C(=O)NCCO. The molecule has 2 amide bonds. The second-order valence-electron chi connectivity index (χ2n) is 16.3. The summed E-state index contributed by atoms with van der Waals surface area (Å²) >= 11 is 0. The lowest BCUT2D eigenvalue weighted by Crippen LogP contribution is -2.70. The number of nitrogens with zero attached hydrogens (tertiary/aromatic N) is 2. The predicted molar refractivity (Wildman–Crippen MR) is 203 cm³/mol. The van der Waals surface area contributed by atoms with Crippen LogP contribution in [0.3, 0.4) is 0 Å². The van der Waals surface area contributed by atoms with Gasteiger partial charge in [0.1, 0.15) is 41.6 Å². The van der Waals surface area contributed by atoms with Gasteiger partial charge < -0.3 is 34.6 Å². The topological polar surface area (TPSA) is 147 Å². The maximum absolute atomic E-state index is 15.4. The first kappa shape index (κ1) is 37.0. The first-order valence-corrected chi connectivity index (χ1v) is 19.9. The number of aromatic hydroxyl groups is 1. The van der Waals surface area contributed by atoms with Crippen LogP contribution in [-0.4, -0.2) is 100 Å². The molecule has 3 saturated carbocycles. The van der Waals surface area contributed by atoms with Gasteiger partial charge in [-0.25, -0.2) is 0 Å². The molecule has 3 aliphatic carbocycles. The van der Waals surface area contributed by atoms with Crippen molar-refractivity contribution in [3.8, 4) is 5.75 Å². The number of aliphatic hydroxyl groups excluding tert-OH is 1. The van der Waals surface area contributed by atoms with Gasteiger partial charge in [0.15, 0.2) is 11.8 Å². The summed E-state index contributed by atoms with van der Waals surface area (Å²) in [5, 5.41) is 24.0. The number of phenols is 1. The Morgan fingerprint density at radius 2 is 1.64 bits per heavy atom. The number of ether oxygens (including phenoxy) is 3. The zero-order chi connectivity index (χ0) is 38.6. The molecule has 3 aliphatic heterocycles. The summed E-state index contributed by atoms with van der Waals surface area (Å²) in [6.45, 7) is -0.00940. The van der Waals surface area contributed by atoms with Gasteiger partial charge >= 0.3 is 5.97 Å². The number of hydrogen-bond donors (Lipinski definition) is 3. The number of likely N-dealkylation sites (N-methyl/N-ethyl adjacent to an activating group) is 1. The third-order valence-corrected chi connectivity index (χ3v) is 12.6. The van der Waals surface area contributed by atoms with E-state index in [9.17, 15) is 19.8 Å². The molecule has 6 fully saturated rings. The zero-order valence-electron chi connectivity index (χ0n) is 31.5. The number of esters is 1. The summed E-state index contributed by atoms with van der Waals surface area (Å²) in [5.41, 5.74) is 2.10. The lowest BCUT2D eigenvalue weighted by atomic mass is 9.62. The monoisotopic (exact) mass is 763 g/mol. The normalized spacial score (nSPS) is 29.5. The number of aliphatic hydroxyl groups is 1. The fourth-order valence-corrected chi connectivity index (χ4v) is 9.58. The van der Waals surface area contributed by atoms with Gasteiger partial charge in [0.25, 0.3) is 0 Å². The number of nitrogens with one attached hydrogen (secondary N) is 1. The highest BCUT2D eigenvalue weighted by Gasteiger charge is 2.78. The molecule has 3 aromatic rings. The minimum absolute atomic E-state index is 0.0401. The molecular formula is C44H49N3O9. The van der Waals surface area contributed by atoms with Gasteiger partial charge in [-0.15, -0.1) is 0 Å². The van der Waals surface area contributed by atoms with Crippen molar-refractivity contribution < 1.29 is 43.6 Å². The lowest BCUT2D eigenvalue weighted by Gasteiger charge is -2.50. The van der Waals surface area contributed by atoms with Gasteiger partial charge in [-0.1, -0.05) is 84.9 Å². The van der Waals surface area contributed by atoms with Crippen LogP contribution in [0.25, 0.3) is 6.08 Å². The van der Waals surface area contributed by atoms with Crippen LogP contribution < -0.4 is 5.32 Å². The van der Waals surface area contributed by atoms with Crippen LogP contribution in [0.2, 0.25) is 0 Å². The molecule has 6 aliphatic rings. The highest BCUT2D eigenvalue weighted by Crippen LogP contribution is 2.64. The Morgan fingerprint density at radius 3 is 2.34 bits per heavy atom. The van der Waals surface area contributed by atoms with Gasteiger partial charge in [-0.3, -0.25) is 19.2 Å². The van der Waals surface area contributed by atoms with Crippen LogP contribution in [-0.2, 0) is 52.8 Å². The molecule has 7 atom stereocenters. The van der Waals surface area contributed by atoms with Gasteiger partial charge in [-0.05, 0) is 60.4 Å². The third kappa shape index (κ3) is 6.51. The number of amides is 2. The van der Waals surface area contributed by atoms with E-state index in [-0.39, 0.29) is 56.0 Å². The number of rotatable bonds is 14. The highest BCUT2D eigenvalue weighted by molar-refractivity contribution is 5.96. The third-order valence-electron chi connectivity index (χ3n) is 12.6. The maximum Gasteiger partial charge on any atom is 0.327 e. The molecule has 3 saturated heterocycles. The van der Waals surface area contributed by atoms with E-state index < -0.39 is 59.6 Å². The van der Waals surface area contributed by atoms with Crippen molar-refractivity contribution in [1.29, 1.82) is 0 Å². The van der Waals surface area contributed by atoms with E-state index in [2.05, 4.69) is 5.32 Å². The standard InChI is InChI=1S/C44H49N3O9/c1-46(33(40(50)45-22-23-48)24-28-8-3-2-4-9-28)42(52)43-25-35-36-37(55-44(54-36,31-18-19-31)32-20-21-32)39(43)56-47(38(43)41(51)53-35)26-29-16-14-27(15-17-29)10-7-12-30-11-5-6-13-34(30)49/h2-11,13-17,31-33,35-39,48-49H,12,18-26H2,1H3,(H,45,50). The Balaban J connectivity index is 1.03.